The third-order valence-corrected chi connectivity index (χ3v) is 5.58. The molecule has 2 heteroatoms. The van der Waals surface area contributed by atoms with Gasteiger partial charge in [0.05, 0.1) is 6.67 Å². The number of nitrogens with zero attached hydrogens (tertiary/aromatic N) is 1. The van der Waals surface area contributed by atoms with Crippen LogP contribution in [0.3, 0.4) is 0 Å². The van der Waals surface area contributed by atoms with Crippen molar-refractivity contribution in [1.82, 2.24) is 4.90 Å². The number of benzene rings is 1. The molecule has 1 heterocycles. The molecule has 0 unspecified atom stereocenters. The predicted octanol–water partition coefficient (Wildman–Crippen LogP) is 3.82. The largest absolute Gasteiger partial charge is 0.295 e. The van der Waals surface area contributed by atoms with Gasteiger partial charge in [-0.1, -0.05) is 37.3 Å². The highest BCUT2D eigenvalue weighted by Gasteiger charge is 2.61. The summed E-state index contributed by atoms with van der Waals surface area (Å²) in [6.07, 6.45) is 2.26. The average Bonchev–Trinajstić information content (AvgIpc) is 2.60. The minimum absolute atomic E-state index is 0.0456. The van der Waals surface area contributed by atoms with E-state index in [1.807, 2.05) is 6.07 Å². The van der Waals surface area contributed by atoms with Crippen LogP contribution in [0.4, 0.5) is 4.39 Å². The monoisotopic (exact) mass is 247 g/mol. The second kappa shape index (κ2) is 4.06. The average molecular weight is 247 g/mol. The molecule has 0 amide bonds. The molecular formula is C16H22FN. The maximum atomic E-state index is 13.4. The predicted molar refractivity (Wildman–Crippen MR) is 72.2 cm³/mol. The summed E-state index contributed by atoms with van der Waals surface area (Å²) in [4.78, 5) is 2.47. The normalized spacial score (nSPS) is 37.1. The van der Waals surface area contributed by atoms with Crippen molar-refractivity contribution in [1.29, 1.82) is 0 Å². The fourth-order valence-corrected chi connectivity index (χ4v) is 3.80. The van der Waals surface area contributed by atoms with Crippen LogP contribution in [-0.4, -0.2) is 24.7 Å². The SMILES string of the molecule is C[C@H](c1ccccc1)N1C[C@]2(C)CC[C@]2(CF)C1. The molecule has 1 aromatic rings. The van der Waals surface area contributed by atoms with Gasteiger partial charge in [0.1, 0.15) is 0 Å². The summed E-state index contributed by atoms with van der Waals surface area (Å²) in [5, 5.41) is 0. The molecular weight excluding hydrogens is 225 g/mol. The van der Waals surface area contributed by atoms with Gasteiger partial charge in [0.2, 0.25) is 0 Å². The zero-order valence-corrected chi connectivity index (χ0v) is 11.3. The van der Waals surface area contributed by atoms with E-state index in [1.54, 1.807) is 0 Å². The van der Waals surface area contributed by atoms with Gasteiger partial charge < -0.3 is 0 Å². The number of fused-ring (bicyclic) bond motifs is 1. The number of hydrogen-bond donors (Lipinski definition) is 0. The van der Waals surface area contributed by atoms with E-state index in [0.29, 0.717) is 6.04 Å². The van der Waals surface area contributed by atoms with E-state index >= 15 is 0 Å². The molecule has 3 rings (SSSR count). The third kappa shape index (κ3) is 1.55. The van der Waals surface area contributed by atoms with E-state index < -0.39 is 0 Å². The van der Waals surface area contributed by atoms with Gasteiger partial charge in [-0.3, -0.25) is 9.29 Å². The molecule has 0 spiro atoms. The second-order valence-corrected chi connectivity index (χ2v) is 6.47. The zero-order chi connectivity index (χ0) is 12.8. The second-order valence-electron chi connectivity index (χ2n) is 6.47. The van der Waals surface area contributed by atoms with Crippen LogP contribution in [0, 0.1) is 10.8 Å². The maximum absolute atomic E-state index is 13.4. The van der Waals surface area contributed by atoms with Gasteiger partial charge in [-0.2, -0.15) is 0 Å². The highest BCUT2D eigenvalue weighted by Crippen LogP contribution is 2.62. The smallest absolute Gasteiger partial charge is 0.0968 e. The van der Waals surface area contributed by atoms with Crippen molar-refractivity contribution < 1.29 is 4.39 Å². The first-order valence-corrected chi connectivity index (χ1v) is 6.95. The van der Waals surface area contributed by atoms with Crippen LogP contribution in [0.5, 0.6) is 0 Å². The van der Waals surface area contributed by atoms with Gasteiger partial charge in [0, 0.05) is 24.5 Å². The number of halogens is 1. The van der Waals surface area contributed by atoms with Gasteiger partial charge in [0.25, 0.3) is 0 Å². The van der Waals surface area contributed by atoms with Crippen LogP contribution < -0.4 is 0 Å². The molecule has 1 aliphatic carbocycles. The first-order chi connectivity index (χ1) is 8.60. The van der Waals surface area contributed by atoms with Crippen molar-refractivity contribution in [3.05, 3.63) is 35.9 Å². The lowest BCUT2D eigenvalue weighted by molar-refractivity contribution is -0.0342. The van der Waals surface area contributed by atoms with Gasteiger partial charge in [0.15, 0.2) is 0 Å². The van der Waals surface area contributed by atoms with Gasteiger partial charge in [-0.25, -0.2) is 0 Å². The van der Waals surface area contributed by atoms with E-state index in [1.165, 1.54) is 12.0 Å². The van der Waals surface area contributed by atoms with E-state index in [2.05, 4.69) is 43.0 Å². The van der Waals surface area contributed by atoms with Gasteiger partial charge in [-0.15, -0.1) is 0 Å². The van der Waals surface area contributed by atoms with Crippen LogP contribution in [0.25, 0.3) is 0 Å². The van der Waals surface area contributed by atoms with Crippen LogP contribution >= 0.6 is 0 Å². The van der Waals surface area contributed by atoms with Crippen molar-refractivity contribution in [2.75, 3.05) is 19.8 Å². The number of rotatable bonds is 3. The van der Waals surface area contributed by atoms with E-state index in [4.69, 9.17) is 0 Å². The molecule has 1 saturated heterocycles. The first-order valence-electron chi connectivity index (χ1n) is 6.95. The molecule has 1 aromatic carbocycles. The zero-order valence-electron chi connectivity index (χ0n) is 11.3. The molecule has 3 atom stereocenters. The Kier molecular flexibility index (Phi) is 2.74. The summed E-state index contributed by atoms with van der Waals surface area (Å²) < 4.78 is 13.4. The highest BCUT2D eigenvalue weighted by atomic mass is 19.1. The van der Waals surface area contributed by atoms with Crippen molar-refractivity contribution in [3.8, 4) is 0 Å². The van der Waals surface area contributed by atoms with Gasteiger partial charge >= 0.3 is 0 Å². The summed E-state index contributed by atoms with van der Waals surface area (Å²) in [5.41, 5.74) is 1.51. The molecule has 1 saturated carbocycles. The molecule has 1 aliphatic heterocycles. The first kappa shape index (κ1) is 12.2. The van der Waals surface area contributed by atoms with Crippen LogP contribution in [0.15, 0.2) is 30.3 Å². The molecule has 1 nitrogen and oxygen atoms in total. The summed E-state index contributed by atoms with van der Waals surface area (Å²) in [6, 6.07) is 11.0. The molecule has 18 heavy (non-hydrogen) atoms. The van der Waals surface area contributed by atoms with E-state index in [0.717, 1.165) is 19.5 Å². The molecule has 2 fully saturated rings. The van der Waals surface area contributed by atoms with Crippen LogP contribution in [-0.2, 0) is 0 Å². The molecule has 0 aromatic heterocycles. The third-order valence-electron chi connectivity index (χ3n) is 5.58. The molecule has 98 valence electrons. The van der Waals surface area contributed by atoms with Crippen molar-refractivity contribution in [2.45, 2.75) is 32.7 Å². The Balaban J connectivity index is 1.80. The Morgan fingerprint density at radius 1 is 1.22 bits per heavy atom. The number of hydrogen-bond acceptors (Lipinski definition) is 1. The van der Waals surface area contributed by atoms with Crippen LogP contribution in [0.2, 0.25) is 0 Å². The quantitative estimate of drug-likeness (QED) is 0.785. The fourth-order valence-electron chi connectivity index (χ4n) is 3.80. The summed E-state index contributed by atoms with van der Waals surface area (Å²) in [6.45, 7) is 6.34. The van der Waals surface area contributed by atoms with Crippen LogP contribution in [0.1, 0.15) is 38.3 Å². The molecule has 0 bridgehead atoms. The van der Waals surface area contributed by atoms with Crippen molar-refractivity contribution in [2.24, 2.45) is 10.8 Å². The lowest BCUT2D eigenvalue weighted by Gasteiger charge is -2.51. The Labute approximate surface area is 109 Å². The van der Waals surface area contributed by atoms with Crippen molar-refractivity contribution >= 4 is 0 Å². The standard InChI is InChI=1S/C16H22FN/c1-13(14-6-4-3-5-7-14)18-11-15(2)8-9-16(15,10-17)12-18/h3-7,13H,8-12H2,1-2H3/t13-,15+,16+/m1/s1. The Hall–Kier alpha value is -0.890. The summed E-state index contributed by atoms with van der Waals surface area (Å²) in [7, 11) is 0. The van der Waals surface area contributed by atoms with Gasteiger partial charge in [-0.05, 0) is 30.7 Å². The summed E-state index contributed by atoms with van der Waals surface area (Å²) in [5.74, 6) is 0. The Morgan fingerprint density at radius 2 is 1.94 bits per heavy atom. The van der Waals surface area contributed by atoms with E-state index in [-0.39, 0.29) is 17.5 Å². The molecule has 0 N–H and O–H groups in total. The summed E-state index contributed by atoms with van der Waals surface area (Å²) >= 11 is 0. The van der Waals surface area contributed by atoms with E-state index in [9.17, 15) is 4.39 Å². The molecule has 2 aliphatic rings. The highest BCUT2D eigenvalue weighted by molar-refractivity contribution is 5.21. The number of alkyl halides is 1. The lowest BCUT2D eigenvalue weighted by atomic mass is 9.53. The van der Waals surface area contributed by atoms with Crippen molar-refractivity contribution in [3.63, 3.8) is 0 Å². The number of likely N-dealkylation sites (tertiary alicyclic amines) is 1. The Morgan fingerprint density at radius 3 is 2.44 bits per heavy atom. The lowest BCUT2D eigenvalue weighted by Crippen LogP contribution is -2.49. The minimum atomic E-state index is -0.151. The fraction of sp³-hybridized carbons (Fsp3) is 0.625. The Bertz CT molecular complexity index is 428. The topological polar surface area (TPSA) is 3.24 Å². The minimum Gasteiger partial charge on any atom is -0.295 e. The molecule has 0 radical (unpaired) electrons. The maximum Gasteiger partial charge on any atom is 0.0968 e.